The van der Waals surface area contributed by atoms with Crippen LogP contribution in [-0.2, 0) is 22.4 Å². The van der Waals surface area contributed by atoms with Gasteiger partial charge >= 0.3 is 5.97 Å². The van der Waals surface area contributed by atoms with Crippen molar-refractivity contribution in [2.24, 2.45) is 0 Å². The number of aryl methyl sites for hydroxylation is 1. The molecule has 1 aromatic carbocycles. The van der Waals surface area contributed by atoms with Crippen LogP contribution in [-0.4, -0.2) is 34.5 Å². The Labute approximate surface area is 120 Å². The first-order valence-electron chi connectivity index (χ1n) is 7.07. The fourth-order valence-corrected chi connectivity index (χ4v) is 2.02. The van der Waals surface area contributed by atoms with Crippen LogP contribution in [0, 0.1) is 0 Å². The summed E-state index contributed by atoms with van der Waals surface area (Å²) in [4.78, 5) is 24.6. The Morgan fingerprint density at radius 2 is 1.70 bits per heavy atom. The zero-order valence-electron chi connectivity index (χ0n) is 12.4. The molecule has 1 rings (SSSR count). The Kier molecular flexibility index (Phi) is 6.22. The predicted octanol–water partition coefficient (Wildman–Crippen LogP) is 2.50. The number of nitrogens with zero attached hydrogens (tertiary/aromatic N) is 1. The molecule has 0 spiro atoms. The van der Waals surface area contributed by atoms with Gasteiger partial charge in [-0.15, -0.1) is 0 Å². The van der Waals surface area contributed by atoms with Crippen molar-refractivity contribution in [1.29, 1.82) is 0 Å². The zero-order chi connectivity index (χ0) is 15.1. The van der Waals surface area contributed by atoms with Gasteiger partial charge in [0.1, 0.15) is 6.54 Å². The Morgan fingerprint density at radius 3 is 2.15 bits per heavy atom. The minimum atomic E-state index is -0.972. The summed E-state index contributed by atoms with van der Waals surface area (Å²) in [6.45, 7) is 5.67. The Hall–Kier alpha value is -1.84. The standard InChI is InChI=1S/C16H23NO3/c1-4-12(3)17(11-16(19)20)15(18)10-14-8-6-13(5-2)7-9-14/h6-9,12H,4-5,10-11H2,1-3H3,(H,19,20). The fourth-order valence-electron chi connectivity index (χ4n) is 2.02. The lowest BCUT2D eigenvalue weighted by Gasteiger charge is -2.27. The monoisotopic (exact) mass is 277 g/mol. The molecule has 0 aliphatic heterocycles. The molecule has 0 heterocycles. The third-order valence-electron chi connectivity index (χ3n) is 3.54. The first kappa shape index (κ1) is 16.2. The summed E-state index contributed by atoms with van der Waals surface area (Å²) in [5.74, 6) is -1.11. The highest BCUT2D eigenvalue weighted by Gasteiger charge is 2.21. The van der Waals surface area contributed by atoms with E-state index in [1.165, 1.54) is 10.5 Å². The minimum Gasteiger partial charge on any atom is -0.480 e. The molecule has 1 N–H and O–H groups in total. The summed E-state index contributed by atoms with van der Waals surface area (Å²) in [5.41, 5.74) is 2.15. The smallest absolute Gasteiger partial charge is 0.323 e. The molecule has 1 aromatic rings. The third kappa shape index (κ3) is 4.68. The number of aliphatic carboxylic acids is 1. The maximum atomic E-state index is 12.3. The number of carbonyl (C=O) groups is 2. The van der Waals surface area contributed by atoms with E-state index in [1.807, 2.05) is 38.1 Å². The number of carbonyl (C=O) groups excluding carboxylic acids is 1. The molecular weight excluding hydrogens is 254 g/mol. The van der Waals surface area contributed by atoms with Gasteiger partial charge in [-0.3, -0.25) is 9.59 Å². The zero-order valence-corrected chi connectivity index (χ0v) is 12.4. The molecule has 0 bridgehead atoms. The van der Waals surface area contributed by atoms with Gasteiger partial charge in [0, 0.05) is 6.04 Å². The largest absolute Gasteiger partial charge is 0.480 e. The molecule has 110 valence electrons. The number of hydrogen-bond acceptors (Lipinski definition) is 2. The Bertz CT molecular complexity index is 453. The number of rotatable bonds is 7. The van der Waals surface area contributed by atoms with Crippen LogP contribution >= 0.6 is 0 Å². The second kappa shape index (κ2) is 7.68. The SMILES string of the molecule is CCc1ccc(CC(=O)N(CC(=O)O)C(C)CC)cc1. The molecule has 0 fully saturated rings. The maximum absolute atomic E-state index is 12.3. The van der Waals surface area contributed by atoms with Crippen LogP contribution in [0.5, 0.6) is 0 Å². The minimum absolute atomic E-state index is 0.0616. The average molecular weight is 277 g/mol. The molecule has 1 unspecified atom stereocenters. The molecule has 0 saturated heterocycles. The molecule has 0 aromatic heterocycles. The molecule has 1 atom stereocenters. The Morgan fingerprint density at radius 1 is 1.15 bits per heavy atom. The summed E-state index contributed by atoms with van der Waals surface area (Å²) in [6, 6.07) is 7.83. The molecule has 0 radical (unpaired) electrons. The lowest BCUT2D eigenvalue weighted by molar-refractivity contribution is -0.145. The van der Waals surface area contributed by atoms with Gasteiger partial charge in [0.25, 0.3) is 0 Å². The van der Waals surface area contributed by atoms with Crippen LogP contribution in [0.4, 0.5) is 0 Å². The first-order chi connectivity index (χ1) is 9.47. The van der Waals surface area contributed by atoms with Gasteiger partial charge in [-0.1, -0.05) is 38.1 Å². The van der Waals surface area contributed by atoms with Gasteiger partial charge in [-0.05, 0) is 30.9 Å². The van der Waals surface area contributed by atoms with Crippen LogP contribution in [0.3, 0.4) is 0 Å². The van der Waals surface area contributed by atoms with E-state index in [0.717, 1.165) is 18.4 Å². The van der Waals surface area contributed by atoms with E-state index in [4.69, 9.17) is 5.11 Å². The number of hydrogen-bond donors (Lipinski definition) is 1. The van der Waals surface area contributed by atoms with E-state index >= 15 is 0 Å². The second-order valence-corrected chi connectivity index (χ2v) is 5.02. The van der Waals surface area contributed by atoms with Crippen molar-refractivity contribution < 1.29 is 14.7 Å². The van der Waals surface area contributed by atoms with Gasteiger partial charge in [0.2, 0.25) is 5.91 Å². The summed E-state index contributed by atoms with van der Waals surface area (Å²) in [7, 11) is 0. The van der Waals surface area contributed by atoms with E-state index in [1.54, 1.807) is 0 Å². The van der Waals surface area contributed by atoms with Crippen molar-refractivity contribution in [2.75, 3.05) is 6.54 Å². The van der Waals surface area contributed by atoms with Crippen molar-refractivity contribution in [3.05, 3.63) is 35.4 Å². The molecule has 4 heteroatoms. The van der Waals surface area contributed by atoms with Crippen LogP contribution < -0.4 is 0 Å². The Balaban J connectivity index is 2.76. The van der Waals surface area contributed by atoms with Crippen LogP contribution in [0.2, 0.25) is 0 Å². The summed E-state index contributed by atoms with van der Waals surface area (Å²) in [5, 5.41) is 8.92. The highest BCUT2D eigenvalue weighted by molar-refractivity contribution is 5.83. The third-order valence-corrected chi connectivity index (χ3v) is 3.54. The van der Waals surface area contributed by atoms with Crippen molar-refractivity contribution in [3.8, 4) is 0 Å². The van der Waals surface area contributed by atoms with Crippen molar-refractivity contribution in [2.45, 2.75) is 46.1 Å². The van der Waals surface area contributed by atoms with E-state index in [2.05, 4.69) is 6.92 Å². The van der Waals surface area contributed by atoms with Crippen LogP contribution in [0.15, 0.2) is 24.3 Å². The maximum Gasteiger partial charge on any atom is 0.323 e. The van der Waals surface area contributed by atoms with E-state index < -0.39 is 5.97 Å². The number of amides is 1. The van der Waals surface area contributed by atoms with Gasteiger partial charge < -0.3 is 10.0 Å². The molecule has 0 aliphatic rings. The number of carboxylic acids is 1. The van der Waals surface area contributed by atoms with Gasteiger partial charge in [0.15, 0.2) is 0 Å². The molecule has 0 aliphatic carbocycles. The second-order valence-electron chi connectivity index (χ2n) is 5.02. The lowest BCUT2D eigenvalue weighted by Crippen LogP contribution is -2.42. The summed E-state index contributed by atoms with van der Waals surface area (Å²) in [6.07, 6.45) is 1.96. The molecule has 0 saturated carbocycles. The van der Waals surface area contributed by atoms with Crippen molar-refractivity contribution in [1.82, 2.24) is 4.90 Å². The quantitative estimate of drug-likeness (QED) is 0.833. The summed E-state index contributed by atoms with van der Waals surface area (Å²) >= 11 is 0. The first-order valence-corrected chi connectivity index (χ1v) is 7.07. The van der Waals surface area contributed by atoms with Crippen molar-refractivity contribution in [3.63, 3.8) is 0 Å². The molecular formula is C16H23NO3. The fraction of sp³-hybridized carbons (Fsp3) is 0.500. The number of benzene rings is 1. The average Bonchev–Trinajstić information content (AvgIpc) is 2.44. The van der Waals surface area contributed by atoms with Gasteiger partial charge in [-0.25, -0.2) is 0 Å². The molecule has 4 nitrogen and oxygen atoms in total. The molecule has 1 amide bonds. The highest BCUT2D eigenvalue weighted by Crippen LogP contribution is 2.10. The lowest BCUT2D eigenvalue weighted by atomic mass is 10.1. The van der Waals surface area contributed by atoms with E-state index in [-0.39, 0.29) is 24.9 Å². The van der Waals surface area contributed by atoms with Crippen molar-refractivity contribution >= 4 is 11.9 Å². The predicted molar refractivity (Wildman–Crippen MR) is 78.6 cm³/mol. The molecule has 20 heavy (non-hydrogen) atoms. The van der Waals surface area contributed by atoms with Crippen LogP contribution in [0.1, 0.15) is 38.3 Å². The van der Waals surface area contributed by atoms with E-state index in [0.29, 0.717) is 0 Å². The van der Waals surface area contributed by atoms with E-state index in [9.17, 15) is 9.59 Å². The topological polar surface area (TPSA) is 57.6 Å². The highest BCUT2D eigenvalue weighted by atomic mass is 16.4. The van der Waals surface area contributed by atoms with Crippen LogP contribution in [0.25, 0.3) is 0 Å². The summed E-state index contributed by atoms with van der Waals surface area (Å²) < 4.78 is 0. The normalized spacial score (nSPS) is 11.9. The number of carboxylic acid groups (broad SMARTS) is 1. The van der Waals surface area contributed by atoms with Gasteiger partial charge in [-0.2, -0.15) is 0 Å². The van der Waals surface area contributed by atoms with Gasteiger partial charge in [0.05, 0.1) is 6.42 Å².